The molecule has 3 nitrogen and oxygen atoms in total. The molecule has 116 valence electrons. The van der Waals surface area contributed by atoms with Gasteiger partial charge in [-0.05, 0) is 36.3 Å². The molecule has 1 amide bonds. The summed E-state index contributed by atoms with van der Waals surface area (Å²) in [4.78, 5) is 14.1. The molecule has 0 radical (unpaired) electrons. The molecule has 1 aromatic carbocycles. The standard InChI is InChI=1S/C18H27NO2/c1-14(2)16-9-7-15(8-10-16)5-4-6-18(20)19-12-11-17(13-19)21-3/h7-10,14,17H,4-6,11-13H2,1-3H3. The highest BCUT2D eigenvalue weighted by molar-refractivity contribution is 5.76. The van der Waals surface area contributed by atoms with E-state index >= 15 is 0 Å². The Hall–Kier alpha value is -1.35. The average molecular weight is 289 g/mol. The summed E-state index contributed by atoms with van der Waals surface area (Å²) in [6, 6.07) is 8.78. The summed E-state index contributed by atoms with van der Waals surface area (Å²) in [5, 5.41) is 0. The minimum Gasteiger partial charge on any atom is -0.380 e. The summed E-state index contributed by atoms with van der Waals surface area (Å²) in [6.45, 7) is 6.02. The number of nitrogens with zero attached hydrogens (tertiary/aromatic N) is 1. The molecule has 1 saturated heterocycles. The van der Waals surface area contributed by atoms with E-state index in [-0.39, 0.29) is 12.0 Å². The Morgan fingerprint density at radius 3 is 2.62 bits per heavy atom. The Balaban J connectivity index is 1.72. The van der Waals surface area contributed by atoms with Crippen molar-refractivity contribution in [3.8, 4) is 0 Å². The summed E-state index contributed by atoms with van der Waals surface area (Å²) in [7, 11) is 1.72. The van der Waals surface area contributed by atoms with Crippen molar-refractivity contribution < 1.29 is 9.53 Å². The van der Waals surface area contributed by atoms with Crippen LogP contribution in [0.25, 0.3) is 0 Å². The lowest BCUT2D eigenvalue weighted by molar-refractivity contribution is -0.130. The Kier molecular flexibility index (Phi) is 5.80. The van der Waals surface area contributed by atoms with Gasteiger partial charge in [-0.15, -0.1) is 0 Å². The van der Waals surface area contributed by atoms with E-state index in [0.717, 1.165) is 32.4 Å². The molecule has 0 aromatic heterocycles. The van der Waals surface area contributed by atoms with Crippen molar-refractivity contribution in [2.24, 2.45) is 0 Å². The number of hydrogen-bond acceptors (Lipinski definition) is 2. The predicted molar refractivity (Wildman–Crippen MR) is 85.5 cm³/mol. The first-order chi connectivity index (χ1) is 10.1. The normalized spacial score (nSPS) is 18.5. The third kappa shape index (κ3) is 4.57. The molecule has 2 rings (SSSR count). The molecule has 21 heavy (non-hydrogen) atoms. The molecule has 1 aliphatic heterocycles. The van der Waals surface area contributed by atoms with Crippen LogP contribution in [0.3, 0.4) is 0 Å². The first-order valence-electron chi connectivity index (χ1n) is 7.99. The topological polar surface area (TPSA) is 29.5 Å². The maximum absolute atomic E-state index is 12.1. The van der Waals surface area contributed by atoms with Crippen LogP contribution < -0.4 is 0 Å². The number of aryl methyl sites for hydroxylation is 1. The van der Waals surface area contributed by atoms with Crippen molar-refractivity contribution in [2.45, 2.75) is 51.6 Å². The number of hydrogen-bond donors (Lipinski definition) is 0. The van der Waals surface area contributed by atoms with Crippen molar-refractivity contribution in [1.82, 2.24) is 4.90 Å². The van der Waals surface area contributed by atoms with Crippen molar-refractivity contribution in [3.05, 3.63) is 35.4 Å². The van der Waals surface area contributed by atoms with Crippen molar-refractivity contribution in [2.75, 3.05) is 20.2 Å². The highest BCUT2D eigenvalue weighted by Gasteiger charge is 2.25. The number of likely N-dealkylation sites (tertiary alicyclic amines) is 1. The molecule has 1 aliphatic rings. The lowest BCUT2D eigenvalue weighted by Crippen LogP contribution is -2.29. The number of benzene rings is 1. The van der Waals surface area contributed by atoms with Gasteiger partial charge in [0.15, 0.2) is 0 Å². The second kappa shape index (κ2) is 7.60. The molecule has 1 aromatic rings. The lowest BCUT2D eigenvalue weighted by atomic mass is 10.00. The Morgan fingerprint density at radius 2 is 2.05 bits per heavy atom. The summed E-state index contributed by atoms with van der Waals surface area (Å²) >= 11 is 0. The molecule has 0 spiro atoms. The van der Waals surface area contributed by atoms with E-state index in [2.05, 4.69) is 38.1 Å². The van der Waals surface area contributed by atoms with Crippen LogP contribution in [0.4, 0.5) is 0 Å². The molecular weight excluding hydrogens is 262 g/mol. The summed E-state index contributed by atoms with van der Waals surface area (Å²) in [5.41, 5.74) is 2.70. The highest BCUT2D eigenvalue weighted by Crippen LogP contribution is 2.17. The molecule has 3 heteroatoms. The largest absolute Gasteiger partial charge is 0.380 e. The number of rotatable bonds is 6. The predicted octanol–water partition coefficient (Wildman–Crippen LogP) is 3.38. The first kappa shape index (κ1) is 16.0. The van der Waals surface area contributed by atoms with Gasteiger partial charge >= 0.3 is 0 Å². The van der Waals surface area contributed by atoms with Crippen LogP contribution in [0.5, 0.6) is 0 Å². The molecule has 0 bridgehead atoms. The molecule has 1 unspecified atom stereocenters. The van der Waals surface area contributed by atoms with Crippen LogP contribution >= 0.6 is 0 Å². The first-order valence-corrected chi connectivity index (χ1v) is 7.99. The van der Waals surface area contributed by atoms with Crippen molar-refractivity contribution in [3.63, 3.8) is 0 Å². The Bertz CT molecular complexity index is 453. The van der Waals surface area contributed by atoms with Crippen LogP contribution in [0.1, 0.15) is 50.2 Å². The van der Waals surface area contributed by atoms with E-state index in [1.54, 1.807) is 7.11 Å². The second-order valence-corrected chi connectivity index (χ2v) is 6.24. The molecular formula is C18H27NO2. The van der Waals surface area contributed by atoms with Crippen molar-refractivity contribution in [1.29, 1.82) is 0 Å². The number of ether oxygens (including phenoxy) is 1. The fourth-order valence-corrected chi connectivity index (χ4v) is 2.82. The number of methoxy groups -OCH3 is 1. The van der Waals surface area contributed by atoms with E-state index in [9.17, 15) is 4.79 Å². The van der Waals surface area contributed by atoms with E-state index in [1.807, 2.05) is 4.90 Å². The van der Waals surface area contributed by atoms with Gasteiger partial charge in [-0.1, -0.05) is 38.1 Å². The quantitative estimate of drug-likeness (QED) is 0.803. The van der Waals surface area contributed by atoms with Crippen LogP contribution in [0.2, 0.25) is 0 Å². The Morgan fingerprint density at radius 1 is 1.33 bits per heavy atom. The SMILES string of the molecule is COC1CCN(C(=O)CCCc2ccc(C(C)C)cc2)C1. The number of amides is 1. The van der Waals surface area contributed by atoms with Crippen LogP contribution in [-0.4, -0.2) is 37.1 Å². The molecule has 0 aliphatic carbocycles. The van der Waals surface area contributed by atoms with Gasteiger partial charge in [0.25, 0.3) is 0 Å². The van der Waals surface area contributed by atoms with Crippen molar-refractivity contribution >= 4 is 5.91 Å². The van der Waals surface area contributed by atoms with Gasteiger partial charge in [0, 0.05) is 26.6 Å². The van der Waals surface area contributed by atoms with Crippen LogP contribution in [0, 0.1) is 0 Å². The van der Waals surface area contributed by atoms with Gasteiger partial charge in [-0.3, -0.25) is 4.79 Å². The molecule has 1 atom stereocenters. The zero-order chi connectivity index (χ0) is 15.2. The summed E-state index contributed by atoms with van der Waals surface area (Å²) in [5.74, 6) is 0.845. The van der Waals surface area contributed by atoms with Gasteiger partial charge in [-0.2, -0.15) is 0 Å². The summed E-state index contributed by atoms with van der Waals surface area (Å²) in [6.07, 6.45) is 3.75. The summed E-state index contributed by atoms with van der Waals surface area (Å²) < 4.78 is 5.30. The Labute approximate surface area is 128 Å². The van der Waals surface area contributed by atoms with Gasteiger partial charge in [0.1, 0.15) is 0 Å². The number of carbonyl (C=O) groups excluding carboxylic acids is 1. The van der Waals surface area contributed by atoms with Gasteiger partial charge in [0.2, 0.25) is 5.91 Å². The molecule has 0 N–H and O–H groups in total. The fourth-order valence-electron chi connectivity index (χ4n) is 2.82. The van der Waals surface area contributed by atoms with Gasteiger partial charge < -0.3 is 9.64 Å². The van der Waals surface area contributed by atoms with Gasteiger partial charge in [0.05, 0.1) is 6.10 Å². The fraction of sp³-hybridized carbons (Fsp3) is 0.611. The number of carbonyl (C=O) groups is 1. The third-order valence-electron chi connectivity index (χ3n) is 4.33. The monoisotopic (exact) mass is 289 g/mol. The molecule has 0 saturated carbocycles. The minimum absolute atomic E-state index is 0.234. The second-order valence-electron chi connectivity index (χ2n) is 6.24. The smallest absolute Gasteiger partial charge is 0.222 e. The zero-order valence-electron chi connectivity index (χ0n) is 13.5. The molecule has 1 heterocycles. The molecule has 1 fully saturated rings. The maximum Gasteiger partial charge on any atom is 0.222 e. The van der Waals surface area contributed by atoms with E-state index < -0.39 is 0 Å². The van der Waals surface area contributed by atoms with Crippen LogP contribution in [0.15, 0.2) is 24.3 Å². The zero-order valence-corrected chi connectivity index (χ0v) is 13.5. The van der Waals surface area contributed by atoms with E-state index in [4.69, 9.17) is 4.74 Å². The minimum atomic E-state index is 0.234. The van der Waals surface area contributed by atoms with E-state index in [0.29, 0.717) is 12.3 Å². The lowest BCUT2D eigenvalue weighted by Gasteiger charge is -2.16. The van der Waals surface area contributed by atoms with Gasteiger partial charge in [-0.25, -0.2) is 0 Å². The highest BCUT2D eigenvalue weighted by atomic mass is 16.5. The maximum atomic E-state index is 12.1. The average Bonchev–Trinajstić information content (AvgIpc) is 2.96. The third-order valence-corrected chi connectivity index (χ3v) is 4.33. The van der Waals surface area contributed by atoms with Crippen LogP contribution in [-0.2, 0) is 16.0 Å². The van der Waals surface area contributed by atoms with E-state index in [1.165, 1.54) is 11.1 Å².